The summed E-state index contributed by atoms with van der Waals surface area (Å²) in [5.74, 6) is 0.904. The van der Waals surface area contributed by atoms with Crippen LogP contribution in [-0.2, 0) is 11.3 Å². The molecule has 3 rings (SSSR count). The number of halogens is 3. The Bertz CT molecular complexity index is 711. The lowest BCUT2D eigenvalue weighted by Gasteiger charge is -2.37. The van der Waals surface area contributed by atoms with Crippen molar-refractivity contribution in [1.82, 2.24) is 4.90 Å². The molecule has 0 saturated carbocycles. The van der Waals surface area contributed by atoms with Gasteiger partial charge in [-0.15, -0.1) is 0 Å². The van der Waals surface area contributed by atoms with Crippen LogP contribution in [-0.4, -0.2) is 62.6 Å². The predicted octanol–water partition coefficient (Wildman–Crippen LogP) is -2.94. The predicted molar refractivity (Wildman–Crippen MR) is 109 cm³/mol. The molecule has 1 fully saturated rings. The van der Waals surface area contributed by atoms with Crippen molar-refractivity contribution in [3.63, 3.8) is 0 Å². The molecule has 2 aromatic carbocycles. The van der Waals surface area contributed by atoms with Gasteiger partial charge in [0.15, 0.2) is 0 Å². The topological polar surface area (TPSA) is 45.2 Å². The van der Waals surface area contributed by atoms with Gasteiger partial charge in [0.25, 0.3) is 0 Å². The van der Waals surface area contributed by atoms with E-state index >= 15 is 0 Å². The molecule has 1 atom stereocenters. The highest BCUT2D eigenvalue weighted by molar-refractivity contribution is 6.30. The van der Waals surface area contributed by atoms with Crippen molar-refractivity contribution in [2.45, 2.75) is 12.7 Å². The molecule has 1 heterocycles. The Labute approximate surface area is 190 Å². The first-order chi connectivity index (χ1) is 13.2. The van der Waals surface area contributed by atoms with Crippen molar-refractivity contribution < 1.29 is 39.4 Å². The van der Waals surface area contributed by atoms with Crippen molar-refractivity contribution in [1.29, 1.82) is 0 Å². The molecule has 0 amide bonds. The SMILES string of the molecule is COc1ccccc1N1CCN(CC(O)COCc2ccc(Cl)cc2)CC1.[Cl-].[Cl-]. The van der Waals surface area contributed by atoms with Gasteiger partial charge in [-0.25, -0.2) is 0 Å². The second-order valence-corrected chi connectivity index (χ2v) is 7.19. The van der Waals surface area contributed by atoms with Crippen LogP contribution in [0.1, 0.15) is 5.56 Å². The first-order valence-electron chi connectivity index (χ1n) is 9.26. The Morgan fingerprint density at radius 3 is 2.31 bits per heavy atom. The van der Waals surface area contributed by atoms with Crippen LogP contribution in [0.25, 0.3) is 0 Å². The minimum Gasteiger partial charge on any atom is -1.00 e. The van der Waals surface area contributed by atoms with Crippen molar-refractivity contribution >= 4 is 17.3 Å². The number of aliphatic hydroxyl groups is 1. The number of β-amino-alcohol motifs (C(OH)–C–C–N with tert-alkyl or cyclic N) is 1. The molecule has 0 bridgehead atoms. The number of rotatable bonds is 8. The largest absolute Gasteiger partial charge is 1.00 e. The molecule has 1 unspecified atom stereocenters. The summed E-state index contributed by atoms with van der Waals surface area (Å²) in [5.41, 5.74) is 2.18. The molecule has 1 aliphatic rings. The van der Waals surface area contributed by atoms with E-state index in [4.69, 9.17) is 21.1 Å². The maximum absolute atomic E-state index is 10.3. The lowest BCUT2D eigenvalue weighted by atomic mass is 10.2. The smallest absolute Gasteiger partial charge is 0.142 e. The molecule has 0 spiro atoms. The van der Waals surface area contributed by atoms with E-state index in [9.17, 15) is 5.11 Å². The summed E-state index contributed by atoms with van der Waals surface area (Å²) in [6.45, 7) is 5.08. The number of methoxy groups -OCH3 is 1. The second kappa shape index (κ2) is 13.2. The molecule has 0 aliphatic carbocycles. The highest BCUT2D eigenvalue weighted by atomic mass is 35.5. The zero-order valence-corrected chi connectivity index (χ0v) is 18.7. The molecule has 29 heavy (non-hydrogen) atoms. The van der Waals surface area contributed by atoms with E-state index in [-0.39, 0.29) is 24.8 Å². The van der Waals surface area contributed by atoms with Gasteiger partial charge in [0.1, 0.15) is 5.75 Å². The van der Waals surface area contributed by atoms with Crippen LogP contribution in [0.3, 0.4) is 0 Å². The number of nitrogens with zero attached hydrogens (tertiary/aromatic N) is 2. The van der Waals surface area contributed by atoms with E-state index in [1.807, 2.05) is 42.5 Å². The van der Waals surface area contributed by atoms with E-state index in [2.05, 4.69) is 15.9 Å². The summed E-state index contributed by atoms with van der Waals surface area (Å²) >= 11 is 5.87. The average molecular weight is 462 g/mol. The van der Waals surface area contributed by atoms with Gasteiger partial charge in [-0.1, -0.05) is 35.9 Å². The number of ether oxygens (including phenoxy) is 2. The fourth-order valence-corrected chi connectivity index (χ4v) is 3.43. The zero-order chi connectivity index (χ0) is 19.1. The summed E-state index contributed by atoms with van der Waals surface area (Å²) in [7, 11) is 1.70. The molecule has 1 saturated heterocycles. The van der Waals surface area contributed by atoms with Crippen molar-refractivity contribution in [2.24, 2.45) is 0 Å². The van der Waals surface area contributed by atoms with Gasteiger partial charge in [-0.2, -0.15) is 0 Å². The fraction of sp³-hybridized carbons (Fsp3) is 0.429. The highest BCUT2D eigenvalue weighted by Gasteiger charge is 2.21. The number of aliphatic hydroxyl groups excluding tert-OH is 1. The van der Waals surface area contributed by atoms with Gasteiger partial charge in [0.2, 0.25) is 0 Å². The summed E-state index contributed by atoms with van der Waals surface area (Å²) in [6.07, 6.45) is -0.491. The Morgan fingerprint density at radius 2 is 1.66 bits per heavy atom. The molecule has 162 valence electrons. The van der Waals surface area contributed by atoms with Gasteiger partial charge in [-0.05, 0) is 29.8 Å². The molecule has 0 aromatic heterocycles. The van der Waals surface area contributed by atoms with Crippen LogP contribution in [0.4, 0.5) is 5.69 Å². The maximum atomic E-state index is 10.3. The van der Waals surface area contributed by atoms with Gasteiger partial charge >= 0.3 is 0 Å². The van der Waals surface area contributed by atoms with Gasteiger partial charge < -0.3 is 44.3 Å². The van der Waals surface area contributed by atoms with Gasteiger partial charge in [0.05, 0.1) is 32.1 Å². The number of para-hydroxylation sites is 2. The monoisotopic (exact) mass is 460 g/mol. The fourth-order valence-electron chi connectivity index (χ4n) is 3.31. The van der Waals surface area contributed by atoms with E-state index in [0.717, 1.165) is 43.2 Å². The number of benzene rings is 2. The number of anilines is 1. The molecule has 5 nitrogen and oxygen atoms in total. The lowest BCUT2D eigenvalue weighted by molar-refractivity contribution is -0.00100. The van der Waals surface area contributed by atoms with E-state index in [1.165, 1.54) is 0 Å². The van der Waals surface area contributed by atoms with Gasteiger partial charge in [-0.3, -0.25) is 4.90 Å². The molecule has 8 heteroatoms. The number of hydrogen-bond donors (Lipinski definition) is 1. The first-order valence-corrected chi connectivity index (χ1v) is 9.64. The Hall–Kier alpha value is -1.21. The Balaban J connectivity index is 0.00000210. The third-order valence-corrected chi connectivity index (χ3v) is 5.01. The van der Waals surface area contributed by atoms with Crippen LogP contribution in [0.5, 0.6) is 5.75 Å². The molecular weight excluding hydrogens is 435 g/mol. The van der Waals surface area contributed by atoms with E-state index in [1.54, 1.807) is 7.11 Å². The molecule has 2 aromatic rings. The van der Waals surface area contributed by atoms with Crippen molar-refractivity contribution in [3.8, 4) is 5.75 Å². The summed E-state index contributed by atoms with van der Waals surface area (Å²) in [4.78, 5) is 4.61. The third-order valence-electron chi connectivity index (χ3n) is 4.76. The average Bonchev–Trinajstić information content (AvgIpc) is 2.70. The summed E-state index contributed by atoms with van der Waals surface area (Å²) in [5, 5.41) is 11.0. The Kier molecular flexibility index (Phi) is 11.7. The van der Waals surface area contributed by atoms with Crippen molar-refractivity contribution in [2.75, 3.05) is 51.3 Å². The highest BCUT2D eigenvalue weighted by Crippen LogP contribution is 2.28. The third kappa shape index (κ3) is 7.85. The number of piperazine rings is 1. The summed E-state index contributed by atoms with van der Waals surface area (Å²) < 4.78 is 11.1. The Morgan fingerprint density at radius 1 is 1.00 bits per heavy atom. The molecule has 1 N–H and O–H groups in total. The zero-order valence-electron chi connectivity index (χ0n) is 16.4. The molecule has 0 radical (unpaired) electrons. The minimum atomic E-state index is -0.491. The maximum Gasteiger partial charge on any atom is 0.142 e. The van der Waals surface area contributed by atoms with Gasteiger partial charge in [0, 0.05) is 37.7 Å². The molecular formula is C21H27Cl3N2O3-2. The van der Waals surface area contributed by atoms with Crippen LogP contribution in [0.15, 0.2) is 48.5 Å². The lowest BCUT2D eigenvalue weighted by Crippen LogP contribution is -3.00. The first kappa shape index (κ1) is 25.8. The minimum absolute atomic E-state index is 0. The second-order valence-electron chi connectivity index (χ2n) is 6.75. The van der Waals surface area contributed by atoms with Crippen molar-refractivity contribution in [3.05, 3.63) is 59.1 Å². The standard InChI is InChI=1S/C21H27ClN2O3.2ClH/c1-26-21-5-3-2-4-20(21)24-12-10-23(11-13-24)14-19(25)16-27-15-17-6-8-18(22)9-7-17;;/h2-9,19,25H,10-16H2,1H3;2*1H/p-2. The normalized spacial score (nSPS) is 15.2. The number of hydrogen-bond acceptors (Lipinski definition) is 5. The van der Waals surface area contributed by atoms with E-state index in [0.29, 0.717) is 24.8 Å². The van der Waals surface area contributed by atoms with Crippen LogP contribution in [0, 0.1) is 0 Å². The van der Waals surface area contributed by atoms with E-state index < -0.39 is 6.10 Å². The quantitative estimate of drug-likeness (QED) is 0.456. The summed E-state index contributed by atoms with van der Waals surface area (Å²) in [6, 6.07) is 15.7. The molecule has 1 aliphatic heterocycles. The van der Waals surface area contributed by atoms with Crippen LogP contribution in [0.2, 0.25) is 5.02 Å². The van der Waals surface area contributed by atoms with Crippen LogP contribution >= 0.6 is 11.6 Å². The van der Waals surface area contributed by atoms with Crippen LogP contribution < -0.4 is 34.5 Å².